The summed E-state index contributed by atoms with van der Waals surface area (Å²) in [5.74, 6) is 2.85. The highest BCUT2D eigenvalue weighted by atomic mass is 16.4. The quantitative estimate of drug-likeness (QED) is 0.164. The maximum atomic E-state index is 6.17. The largest absolute Gasteiger partial charge is 0.436 e. The van der Waals surface area contributed by atoms with Gasteiger partial charge in [-0.05, 0) is 129 Å². The summed E-state index contributed by atoms with van der Waals surface area (Å²) in [6.07, 6.45) is 0. The smallest absolute Gasteiger partial charge is 0.227 e. The van der Waals surface area contributed by atoms with Crippen molar-refractivity contribution in [2.24, 2.45) is 0 Å². The Balaban J connectivity index is 0.933. The summed E-state index contributed by atoms with van der Waals surface area (Å²) in [6.45, 7) is 0. The van der Waals surface area contributed by atoms with Gasteiger partial charge in [0.05, 0.1) is 11.0 Å². The zero-order chi connectivity index (χ0) is 44.0. The van der Waals surface area contributed by atoms with Gasteiger partial charge >= 0.3 is 0 Å². The third kappa shape index (κ3) is 6.26. The van der Waals surface area contributed by atoms with Gasteiger partial charge in [-0.3, -0.25) is 0 Å². The van der Waals surface area contributed by atoms with Crippen LogP contribution in [0.3, 0.4) is 0 Å². The first-order chi connectivity index (χ1) is 33.1. The second-order valence-electron chi connectivity index (χ2n) is 16.9. The molecule has 0 amide bonds. The van der Waals surface area contributed by atoms with Crippen LogP contribution in [0.1, 0.15) is 0 Å². The summed E-state index contributed by atoms with van der Waals surface area (Å²) in [7, 11) is 0. The fraction of sp³-hybridized carbons (Fsp3) is 0. The number of oxazole rings is 2. The molecule has 0 atom stereocenters. The highest BCUT2D eigenvalue weighted by molar-refractivity contribution is 6.10. The summed E-state index contributed by atoms with van der Waals surface area (Å²) in [4.78, 5) is 25.3. The second kappa shape index (κ2) is 14.6. The minimum atomic E-state index is 0.563. The molecule has 4 heterocycles. The molecule has 0 N–H and O–H groups in total. The lowest BCUT2D eigenvalue weighted by Crippen LogP contribution is -2.00. The molecule has 0 radical (unpaired) electrons. The van der Waals surface area contributed by atoms with Crippen molar-refractivity contribution >= 4 is 76.3 Å². The molecule has 14 aromatic rings. The number of hydrogen-bond acceptors (Lipinski definition) is 7. The lowest BCUT2D eigenvalue weighted by atomic mass is 10.0. The fourth-order valence-corrected chi connectivity index (χ4v) is 9.50. The Morgan fingerprint density at radius 2 is 0.746 bits per heavy atom. The number of nitrogens with zero attached hydrogens (tertiary/aromatic N) is 6. The van der Waals surface area contributed by atoms with Gasteiger partial charge in [-0.25, -0.2) is 24.9 Å². The van der Waals surface area contributed by atoms with Gasteiger partial charge in [0.15, 0.2) is 28.6 Å². The van der Waals surface area contributed by atoms with E-state index in [0.717, 1.165) is 99.1 Å². The third-order valence-corrected chi connectivity index (χ3v) is 12.8. The molecule has 0 saturated heterocycles. The van der Waals surface area contributed by atoms with E-state index >= 15 is 0 Å². The highest BCUT2D eigenvalue weighted by Gasteiger charge is 2.19. The monoisotopic (exact) mass is 858 g/mol. The molecule has 0 aliphatic heterocycles. The van der Waals surface area contributed by atoms with Crippen LogP contribution in [0.2, 0.25) is 0 Å². The predicted octanol–water partition coefficient (Wildman–Crippen LogP) is 15.0. The second-order valence-corrected chi connectivity index (χ2v) is 16.9. The van der Waals surface area contributed by atoms with Crippen molar-refractivity contribution in [2.45, 2.75) is 0 Å². The molecular formula is C59H34N6O2. The van der Waals surface area contributed by atoms with Gasteiger partial charge in [-0.2, -0.15) is 0 Å². The van der Waals surface area contributed by atoms with Crippen LogP contribution in [0.15, 0.2) is 215 Å². The predicted molar refractivity (Wildman–Crippen MR) is 269 cm³/mol. The van der Waals surface area contributed by atoms with Crippen LogP contribution < -0.4 is 0 Å². The first-order valence-electron chi connectivity index (χ1n) is 22.2. The van der Waals surface area contributed by atoms with Crippen LogP contribution in [0.4, 0.5) is 0 Å². The van der Waals surface area contributed by atoms with Crippen LogP contribution in [0, 0.1) is 0 Å². The molecule has 0 fully saturated rings. The van der Waals surface area contributed by atoms with E-state index in [-0.39, 0.29) is 0 Å². The van der Waals surface area contributed by atoms with E-state index in [2.05, 4.69) is 162 Å². The molecule has 0 bridgehead atoms. The van der Waals surface area contributed by atoms with E-state index in [1.54, 1.807) is 0 Å². The van der Waals surface area contributed by atoms with Crippen LogP contribution in [-0.2, 0) is 0 Å². The molecule has 312 valence electrons. The lowest BCUT2D eigenvalue weighted by molar-refractivity contribution is 0.619. The van der Waals surface area contributed by atoms with Crippen molar-refractivity contribution in [1.82, 2.24) is 29.5 Å². The lowest BCUT2D eigenvalue weighted by Gasteiger charge is -2.11. The molecule has 10 aromatic carbocycles. The van der Waals surface area contributed by atoms with E-state index in [1.807, 2.05) is 48.5 Å². The van der Waals surface area contributed by atoms with Crippen molar-refractivity contribution in [1.29, 1.82) is 0 Å². The van der Waals surface area contributed by atoms with E-state index in [1.165, 1.54) is 10.8 Å². The van der Waals surface area contributed by atoms with Crippen LogP contribution in [-0.4, -0.2) is 29.5 Å². The molecule has 0 aliphatic rings. The minimum Gasteiger partial charge on any atom is -0.436 e. The number of hydrogen-bond donors (Lipinski definition) is 0. The van der Waals surface area contributed by atoms with Gasteiger partial charge in [0, 0.05) is 44.3 Å². The topological polar surface area (TPSA) is 95.7 Å². The van der Waals surface area contributed by atoms with Gasteiger partial charge in [0.2, 0.25) is 11.8 Å². The first kappa shape index (κ1) is 37.1. The SMILES string of the molecule is c1ccc2cc(-n3c4ccccc4c4cc(-c5nc(-c6ccc7ccc(-c8nc9ccccc9o8)cc7c6)nc(-c6ccc7ccc(-c8nc9ccccc9o8)cc7c6)n5)ccc43)ccc2c1. The van der Waals surface area contributed by atoms with Crippen LogP contribution >= 0.6 is 0 Å². The fourth-order valence-electron chi connectivity index (χ4n) is 9.50. The summed E-state index contributed by atoms with van der Waals surface area (Å²) >= 11 is 0. The first-order valence-corrected chi connectivity index (χ1v) is 22.2. The van der Waals surface area contributed by atoms with Crippen molar-refractivity contribution in [3.05, 3.63) is 206 Å². The number of para-hydroxylation sites is 5. The average molecular weight is 859 g/mol. The number of rotatable bonds is 6. The maximum Gasteiger partial charge on any atom is 0.227 e. The van der Waals surface area contributed by atoms with Crippen molar-refractivity contribution in [3.63, 3.8) is 0 Å². The van der Waals surface area contributed by atoms with E-state index in [0.29, 0.717) is 29.3 Å². The van der Waals surface area contributed by atoms with Gasteiger partial charge in [-0.1, -0.05) is 109 Å². The Morgan fingerprint density at radius 1 is 0.299 bits per heavy atom. The van der Waals surface area contributed by atoms with Gasteiger partial charge < -0.3 is 13.4 Å². The molecule has 4 aromatic heterocycles. The molecule has 0 saturated carbocycles. The van der Waals surface area contributed by atoms with Crippen LogP contribution in [0.25, 0.3) is 139 Å². The Morgan fingerprint density at radius 3 is 1.36 bits per heavy atom. The molecule has 67 heavy (non-hydrogen) atoms. The number of fused-ring (bicyclic) bond motifs is 8. The van der Waals surface area contributed by atoms with Crippen molar-refractivity contribution < 1.29 is 8.83 Å². The molecule has 8 heteroatoms. The Bertz CT molecular complexity index is 4070. The Labute approximate surface area is 382 Å². The molecule has 0 aliphatic carbocycles. The summed E-state index contributed by atoms with van der Waals surface area (Å²) in [6, 6.07) is 71.1. The number of benzene rings is 10. The molecule has 0 unspecified atom stereocenters. The van der Waals surface area contributed by atoms with E-state index in [9.17, 15) is 0 Å². The average Bonchev–Trinajstić information content (AvgIpc) is 4.12. The minimum absolute atomic E-state index is 0.563. The van der Waals surface area contributed by atoms with Crippen LogP contribution in [0.5, 0.6) is 0 Å². The molecule has 0 spiro atoms. The van der Waals surface area contributed by atoms with Gasteiger partial charge in [0.25, 0.3) is 0 Å². The van der Waals surface area contributed by atoms with Gasteiger partial charge in [0.1, 0.15) is 11.0 Å². The van der Waals surface area contributed by atoms with Gasteiger partial charge in [-0.15, -0.1) is 0 Å². The normalized spacial score (nSPS) is 11.9. The summed E-state index contributed by atoms with van der Waals surface area (Å²) in [5.41, 5.74) is 10.9. The molecule has 8 nitrogen and oxygen atoms in total. The van der Waals surface area contributed by atoms with Crippen molar-refractivity contribution in [2.75, 3.05) is 0 Å². The highest BCUT2D eigenvalue weighted by Crippen LogP contribution is 2.37. The summed E-state index contributed by atoms with van der Waals surface area (Å²) in [5, 5.41) is 8.85. The Kier molecular flexibility index (Phi) is 8.11. The maximum absolute atomic E-state index is 6.17. The number of aromatic nitrogens is 6. The summed E-state index contributed by atoms with van der Waals surface area (Å²) < 4.78 is 14.7. The van der Waals surface area contributed by atoms with E-state index < -0.39 is 0 Å². The zero-order valence-corrected chi connectivity index (χ0v) is 35.6. The molecular weight excluding hydrogens is 825 g/mol. The van der Waals surface area contributed by atoms with E-state index in [4.69, 9.17) is 33.8 Å². The zero-order valence-electron chi connectivity index (χ0n) is 35.6. The standard InChI is InChI=1S/C59H34N6O2/c1-2-10-38-33-46(27-25-35(38)9-1)65-51-14-6-3-11-47(51)48-34-41(26-28-52(48)65)57-63-55(39-21-17-36-19-23-42(31-44(36)29-39)58-60-49-12-4-7-15-53(49)66-58)62-56(64-57)40-22-18-37-20-24-43(32-45(37)30-40)59-61-50-13-5-8-16-54(50)67-59/h1-34H. The van der Waals surface area contributed by atoms with Crippen molar-refractivity contribution in [3.8, 4) is 62.8 Å². The molecule has 14 rings (SSSR count). The Hall–Kier alpha value is -9.27. The third-order valence-electron chi connectivity index (χ3n) is 12.8.